The Kier molecular flexibility index (Phi) is 6.24. The topological polar surface area (TPSA) is 50.4 Å². The molecule has 1 atom stereocenters. The molecule has 0 radical (unpaired) electrons. The number of amides is 2. The van der Waals surface area contributed by atoms with E-state index in [9.17, 15) is 4.79 Å². The summed E-state index contributed by atoms with van der Waals surface area (Å²) >= 11 is 0. The molecule has 0 bridgehead atoms. The average Bonchev–Trinajstić information content (AvgIpc) is 2.58. The van der Waals surface area contributed by atoms with E-state index in [1.807, 2.05) is 39.0 Å². The summed E-state index contributed by atoms with van der Waals surface area (Å²) in [5.41, 5.74) is 4.63. The number of benzene rings is 2. The van der Waals surface area contributed by atoms with Crippen LogP contribution in [0.25, 0.3) is 0 Å². The lowest BCUT2D eigenvalue weighted by molar-refractivity contribution is 0.221. The van der Waals surface area contributed by atoms with E-state index in [-0.39, 0.29) is 18.8 Å². The zero-order chi connectivity index (χ0) is 17.5. The molecule has 0 saturated carbocycles. The van der Waals surface area contributed by atoms with Crippen LogP contribution in [0, 0.1) is 13.8 Å². The SMILES string of the molecule is CCc1ccc(C(C)NC(=O)NCOc2cccc(C)c2C)cc1. The third kappa shape index (κ3) is 4.75. The van der Waals surface area contributed by atoms with Gasteiger partial charge in [-0.1, -0.05) is 43.3 Å². The zero-order valence-corrected chi connectivity index (χ0v) is 14.8. The smallest absolute Gasteiger partial charge is 0.317 e. The van der Waals surface area contributed by atoms with Crippen molar-refractivity contribution in [2.45, 2.75) is 40.2 Å². The van der Waals surface area contributed by atoms with Gasteiger partial charge >= 0.3 is 6.03 Å². The van der Waals surface area contributed by atoms with Crippen molar-refractivity contribution in [3.63, 3.8) is 0 Å². The summed E-state index contributed by atoms with van der Waals surface area (Å²) in [4.78, 5) is 12.0. The number of aryl methyl sites for hydroxylation is 2. The molecule has 24 heavy (non-hydrogen) atoms. The van der Waals surface area contributed by atoms with Crippen LogP contribution in [-0.2, 0) is 6.42 Å². The maximum Gasteiger partial charge on any atom is 0.317 e. The Morgan fingerprint density at radius 3 is 2.50 bits per heavy atom. The lowest BCUT2D eigenvalue weighted by Crippen LogP contribution is -2.39. The lowest BCUT2D eigenvalue weighted by Gasteiger charge is -2.16. The molecule has 0 fully saturated rings. The first kappa shape index (κ1) is 17.9. The highest BCUT2D eigenvalue weighted by Gasteiger charge is 2.09. The van der Waals surface area contributed by atoms with Gasteiger partial charge in [0.2, 0.25) is 0 Å². The van der Waals surface area contributed by atoms with Crippen molar-refractivity contribution in [2.24, 2.45) is 0 Å². The largest absolute Gasteiger partial charge is 0.473 e. The van der Waals surface area contributed by atoms with Gasteiger partial charge < -0.3 is 15.4 Å². The number of carbonyl (C=O) groups excluding carboxylic acids is 1. The second kappa shape index (κ2) is 8.39. The highest BCUT2D eigenvalue weighted by Crippen LogP contribution is 2.20. The van der Waals surface area contributed by atoms with E-state index in [1.165, 1.54) is 11.1 Å². The van der Waals surface area contributed by atoms with E-state index in [4.69, 9.17) is 4.74 Å². The monoisotopic (exact) mass is 326 g/mol. The van der Waals surface area contributed by atoms with Gasteiger partial charge in [-0.15, -0.1) is 0 Å². The quantitative estimate of drug-likeness (QED) is 0.779. The summed E-state index contributed by atoms with van der Waals surface area (Å²) in [5, 5.41) is 5.64. The van der Waals surface area contributed by atoms with Gasteiger partial charge in [-0.2, -0.15) is 0 Å². The van der Waals surface area contributed by atoms with Crippen molar-refractivity contribution in [2.75, 3.05) is 6.73 Å². The number of hydrogen-bond acceptors (Lipinski definition) is 2. The summed E-state index contributed by atoms with van der Waals surface area (Å²) in [5.74, 6) is 0.790. The van der Waals surface area contributed by atoms with Crippen LogP contribution in [0.3, 0.4) is 0 Å². The highest BCUT2D eigenvalue weighted by molar-refractivity contribution is 5.74. The Bertz CT molecular complexity index is 681. The highest BCUT2D eigenvalue weighted by atomic mass is 16.5. The number of hydrogen-bond donors (Lipinski definition) is 2. The van der Waals surface area contributed by atoms with Crippen molar-refractivity contribution in [3.05, 3.63) is 64.7 Å². The normalized spacial score (nSPS) is 11.7. The van der Waals surface area contributed by atoms with Crippen molar-refractivity contribution in [1.82, 2.24) is 10.6 Å². The van der Waals surface area contributed by atoms with Crippen LogP contribution in [0.15, 0.2) is 42.5 Å². The Hall–Kier alpha value is -2.49. The summed E-state index contributed by atoms with van der Waals surface area (Å²) in [6, 6.07) is 13.9. The fourth-order valence-electron chi connectivity index (χ4n) is 2.43. The van der Waals surface area contributed by atoms with Crippen LogP contribution >= 0.6 is 0 Å². The molecular formula is C20H26N2O2. The van der Waals surface area contributed by atoms with Crippen molar-refractivity contribution in [3.8, 4) is 5.75 Å². The first-order chi connectivity index (χ1) is 11.5. The van der Waals surface area contributed by atoms with E-state index in [0.717, 1.165) is 23.3 Å². The first-order valence-electron chi connectivity index (χ1n) is 8.33. The van der Waals surface area contributed by atoms with E-state index < -0.39 is 0 Å². The van der Waals surface area contributed by atoms with Gasteiger partial charge in [0.05, 0.1) is 6.04 Å². The fraction of sp³-hybridized carbons (Fsp3) is 0.350. The zero-order valence-electron chi connectivity index (χ0n) is 14.8. The standard InChI is InChI=1S/C20H26N2O2/c1-5-17-9-11-18(12-10-17)16(4)22-20(23)21-13-24-19-8-6-7-14(2)15(19)3/h6-12,16H,5,13H2,1-4H3,(H2,21,22,23). The summed E-state index contributed by atoms with van der Waals surface area (Å²) in [6.07, 6.45) is 1.01. The molecule has 4 nitrogen and oxygen atoms in total. The lowest BCUT2D eigenvalue weighted by atomic mass is 10.1. The second-order valence-electron chi connectivity index (χ2n) is 5.95. The number of ether oxygens (including phenoxy) is 1. The second-order valence-corrected chi connectivity index (χ2v) is 5.95. The van der Waals surface area contributed by atoms with Crippen molar-refractivity contribution in [1.29, 1.82) is 0 Å². The predicted octanol–water partition coefficient (Wildman–Crippen LogP) is 4.26. The van der Waals surface area contributed by atoms with E-state index in [0.29, 0.717) is 0 Å². The number of carbonyl (C=O) groups is 1. The molecule has 2 aromatic rings. The number of urea groups is 1. The Morgan fingerprint density at radius 1 is 1.12 bits per heavy atom. The maximum atomic E-state index is 12.0. The maximum absolute atomic E-state index is 12.0. The predicted molar refractivity (Wildman–Crippen MR) is 97.3 cm³/mol. The molecule has 0 spiro atoms. The van der Waals surface area contributed by atoms with Gasteiger partial charge in [0, 0.05) is 0 Å². The molecule has 0 aliphatic carbocycles. The van der Waals surface area contributed by atoms with Gasteiger partial charge in [-0.3, -0.25) is 0 Å². The summed E-state index contributed by atoms with van der Waals surface area (Å²) in [7, 11) is 0. The van der Waals surface area contributed by atoms with Gasteiger partial charge in [-0.05, 0) is 55.5 Å². The molecule has 2 N–H and O–H groups in total. The average molecular weight is 326 g/mol. The Balaban J connectivity index is 1.81. The van der Waals surface area contributed by atoms with Gasteiger partial charge in [0.25, 0.3) is 0 Å². The summed E-state index contributed by atoms with van der Waals surface area (Å²) in [6.45, 7) is 8.27. The first-order valence-corrected chi connectivity index (χ1v) is 8.33. The summed E-state index contributed by atoms with van der Waals surface area (Å²) < 4.78 is 5.63. The van der Waals surface area contributed by atoms with E-state index >= 15 is 0 Å². The van der Waals surface area contributed by atoms with Crippen LogP contribution in [0.4, 0.5) is 4.79 Å². The number of rotatable bonds is 6. The molecule has 2 amide bonds. The third-order valence-corrected chi connectivity index (χ3v) is 4.25. The molecule has 0 aliphatic rings. The molecule has 0 saturated heterocycles. The minimum Gasteiger partial charge on any atom is -0.473 e. The third-order valence-electron chi connectivity index (χ3n) is 4.25. The van der Waals surface area contributed by atoms with Crippen LogP contribution in [0.1, 0.15) is 42.1 Å². The fourth-order valence-corrected chi connectivity index (χ4v) is 2.43. The van der Waals surface area contributed by atoms with Crippen LogP contribution < -0.4 is 15.4 Å². The molecule has 0 aliphatic heterocycles. The van der Waals surface area contributed by atoms with Crippen LogP contribution in [0.2, 0.25) is 0 Å². The van der Waals surface area contributed by atoms with Crippen LogP contribution in [-0.4, -0.2) is 12.8 Å². The van der Waals surface area contributed by atoms with E-state index in [1.54, 1.807) is 0 Å². The minimum atomic E-state index is -0.243. The van der Waals surface area contributed by atoms with Crippen molar-refractivity contribution < 1.29 is 9.53 Å². The molecular weight excluding hydrogens is 300 g/mol. The van der Waals surface area contributed by atoms with Crippen LogP contribution in [0.5, 0.6) is 5.75 Å². The molecule has 2 rings (SSSR count). The number of nitrogens with one attached hydrogen (secondary N) is 2. The Labute approximate surface area is 144 Å². The molecule has 2 aromatic carbocycles. The molecule has 0 heterocycles. The molecule has 1 unspecified atom stereocenters. The molecule has 4 heteroatoms. The van der Waals surface area contributed by atoms with Gasteiger partial charge in [0.1, 0.15) is 5.75 Å². The van der Waals surface area contributed by atoms with E-state index in [2.05, 4.69) is 41.8 Å². The minimum absolute atomic E-state index is 0.0587. The molecule has 0 aromatic heterocycles. The van der Waals surface area contributed by atoms with Gasteiger partial charge in [-0.25, -0.2) is 4.79 Å². The van der Waals surface area contributed by atoms with Gasteiger partial charge in [0.15, 0.2) is 6.73 Å². The Morgan fingerprint density at radius 2 is 1.83 bits per heavy atom. The van der Waals surface area contributed by atoms with Crippen molar-refractivity contribution >= 4 is 6.03 Å². The molecule has 128 valence electrons.